The number of ether oxygens (including phenoxy) is 1. The summed E-state index contributed by atoms with van der Waals surface area (Å²) in [6.07, 6.45) is 0. The number of rotatable bonds is 9. The smallest absolute Gasteiger partial charge is 0.350 e. The predicted octanol–water partition coefficient (Wildman–Crippen LogP) is 4.87. The Bertz CT molecular complexity index is 1220. The highest BCUT2D eigenvalue weighted by Crippen LogP contribution is 2.35. The van der Waals surface area contributed by atoms with E-state index in [1.54, 1.807) is 26.8 Å². The largest absolute Gasteiger partial charge is 0.462 e. The molecule has 0 unspecified atom stereocenters. The molecule has 0 atom stereocenters. The van der Waals surface area contributed by atoms with Crippen molar-refractivity contribution in [2.24, 2.45) is 0 Å². The molecule has 1 N–H and O–H groups in total. The number of carbonyl (C=O) groups is 2. The maximum atomic E-state index is 12.9. The van der Waals surface area contributed by atoms with Gasteiger partial charge in [0.05, 0.1) is 17.2 Å². The van der Waals surface area contributed by atoms with Crippen LogP contribution in [0, 0.1) is 0 Å². The predicted molar refractivity (Wildman–Crippen MR) is 130 cm³/mol. The normalized spacial score (nSPS) is 11.4. The first kappa shape index (κ1) is 24.6. The SMILES string of the molecule is CCOC(=O)c1sc(-c2ccccc2)cc1NC(=O)c1ccc(S(=O)(=O)N(CC)CC)cc1. The van der Waals surface area contributed by atoms with Crippen molar-refractivity contribution in [3.05, 3.63) is 71.1 Å². The van der Waals surface area contributed by atoms with Gasteiger partial charge in [0.1, 0.15) is 4.88 Å². The van der Waals surface area contributed by atoms with Gasteiger partial charge in [-0.3, -0.25) is 4.79 Å². The van der Waals surface area contributed by atoms with E-state index >= 15 is 0 Å². The van der Waals surface area contributed by atoms with E-state index in [-0.39, 0.29) is 17.1 Å². The van der Waals surface area contributed by atoms with Gasteiger partial charge in [0.2, 0.25) is 10.0 Å². The van der Waals surface area contributed by atoms with E-state index in [2.05, 4.69) is 5.32 Å². The molecule has 0 radical (unpaired) electrons. The number of hydrogen-bond acceptors (Lipinski definition) is 6. The third-order valence-electron chi connectivity index (χ3n) is 4.96. The minimum absolute atomic E-state index is 0.122. The lowest BCUT2D eigenvalue weighted by Gasteiger charge is -2.18. The molecule has 0 aliphatic carbocycles. The summed E-state index contributed by atoms with van der Waals surface area (Å²) in [4.78, 5) is 26.6. The van der Waals surface area contributed by atoms with E-state index in [1.165, 1.54) is 39.9 Å². The first-order valence-electron chi connectivity index (χ1n) is 10.6. The lowest BCUT2D eigenvalue weighted by atomic mass is 10.2. The second kappa shape index (κ2) is 10.7. The van der Waals surface area contributed by atoms with Crippen molar-refractivity contribution in [2.45, 2.75) is 25.7 Å². The van der Waals surface area contributed by atoms with E-state index in [4.69, 9.17) is 4.74 Å². The van der Waals surface area contributed by atoms with Crippen molar-refractivity contribution < 1.29 is 22.7 Å². The third-order valence-corrected chi connectivity index (χ3v) is 8.19. The molecule has 0 aliphatic heterocycles. The van der Waals surface area contributed by atoms with Gasteiger partial charge in [-0.25, -0.2) is 13.2 Å². The van der Waals surface area contributed by atoms with Gasteiger partial charge in [0, 0.05) is 23.5 Å². The molecule has 1 aromatic heterocycles. The molecule has 0 aliphatic rings. The van der Waals surface area contributed by atoms with Crippen molar-refractivity contribution in [1.29, 1.82) is 0 Å². The molecule has 1 heterocycles. The molecular formula is C24H26N2O5S2. The number of carbonyl (C=O) groups excluding carboxylic acids is 2. The van der Waals surface area contributed by atoms with Crippen molar-refractivity contribution >= 4 is 38.9 Å². The van der Waals surface area contributed by atoms with E-state index < -0.39 is 21.9 Å². The Kier molecular flexibility index (Phi) is 8.01. The van der Waals surface area contributed by atoms with Crippen LogP contribution in [0.5, 0.6) is 0 Å². The van der Waals surface area contributed by atoms with Gasteiger partial charge in [-0.1, -0.05) is 44.2 Å². The zero-order valence-electron chi connectivity index (χ0n) is 18.7. The topological polar surface area (TPSA) is 92.8 Å². The molecule has 33 heavy (non-hydrogen) atoms. The van der Waals surface area contributed by atoms with Gasteiger partial charge in [-0.2, -0.15) is 4.31 Å². The fourth-order valence-electron chi connectivity index (χ4n) is 3.26. The molecule has 3 aromatic rings. The minimum Gasteiger partial charge on any atom is -0.462 e. The molecule has 1 amide bonds. The molecule has 0 saturated carbocycles. The number of esters is 1. The third kappa shape index (κ3) is 5.50. The van der Waals surface area contributed by atoms with E-state index in [9.17, 15) is 18.0 Å². The van der Waals surface area contributed by atoms with E-state index in [1.807, 2.05) is 30.3 Å². The zero-order valence-corrected chi connectivity index (χ0v) is 20.3. The zero-order chi connectivity index (χ0) is 24.0. The number of hydrogen-bond donors (Lipinski definition) is 1. The summed E-state index contributed by atoms with van der Waals surface area (Å²) in [6, 6.07) is 17.0. The Morgan fingerprint density at radius 2 is 1.61 bits per heavy atom. The molecule has 2 aromatic carbocycles. The Morgan fingerprint density at radius 1 is 0.970 bits per heavy atom. The molecular weight excluding hydrogens is 460 g/mol. The highest BCUT2D eigenvalue weighted by atomic mass is 32.2. The standard InChI is InChI=1S/C24H26N2O5S2/c1-4-26(5-2)33(29,30)19-14-12-18(13-15-19)23(27)25-20-16-21(17-10-8-7-9-11-17)32-22(20)24(28)31-6-3/h7-16H,4-6H2,1-3H3,(H,25,27). The molecule has 174 valence electrons. The van der Waals surface area contributed by atoms with Crippen LogP contribution in [-0.2, 0) is 14.8 Å². The summed E-state index contributed by atoms with van der Waals surface area (Å²) >= 11 is 1.24. The number of sulfonamides is 1. The average molecular weight is 487 g/mol. The Balaban J connectivity index is 1.87. The van der Waals surface area contributed by atoms with Crippen molar-refractivity contribution in [3.8, 4) is 10.4 Å². The molecule has 0 fully saturated rings. The number of thiophene rings is 1. The summed E-state index contributed by atoms with van der Waals surface area (Å²) in [5, 5.41) is 2.77. The van der Waals surface area contributed by atoms with E-state index in [0.717, 1.165) is 10.4 Å². The summed E-state index contributed by atoms with van der Waals surface area (Å²) in [6.45, 7) is 6.20. The Hall–Kier alpha value is -3.01. The minimum atomic E-state index is -3.61. The monoisotopic (exact) mass is 486 g/mol. The molecule has 0 spiro atoms. The number of anilines is 1. The van der Waals surface area contributed by atoms with Crippen LogP contribution in [0.15, 0.2) is 65.6 Å². The summed E-state index contributed by atoms with van der Waals surface area (Å²) in [5.74, 6) is -0.967. The summed E-state index contributed by atoms with van der Waals surface area (Å²) in [5.41, 5.74) is 1.54. The fourth-order valence-corrected chi connectivity index (χ4v) is 5.73. The second-order valence-corrected chi connectivity index (χ2v) is 10.00. The number of nitrogens with zero attached hydrogens (tertiary/aromatic N) is 1. The van der Waals surface area contributed by atoms with Gasteiger partial charge >= 0.3 is 5.97 Å². The first-order valence-corrected chi connectivity index (χ1v) is 12.8. The molecule has 0 bridgehead atoms. The maximum Gasteiger partial charge on any atom is 0.350 e. The number of amides is 1. The Morgan fingerprint density at radius 3 is 2.18 bits per heavy atom. The van der Waals surface area contributed by atoms with Crippen LogP contribution in [0.4, 0.5) is 5.69 Å². The van der Waals surface area contributed by atoms with Crippen LogP contribution in [0.1, 0.15) is 40.8 Å². The van der Waals surface area contributed by atoms with E-state index in [0.29, 0.717) is 23.7 Å². The fraction of sp³-hybridized carbons (Fsp3) is 0.250. The van der Waals surface area contributed by atoms with Gasteiger partial charge in [-0.15, -0.1) is 11.3 Å². The van der Waals surface area contributed by atoms with Gasteiger partial charge in [0.15, 0.2) is 0 Å². The molecule has 0 saturated heterocycles. The quantitative estimate of drug-likeness (QED) is 0.436. The average Bonchev–Trinajstić information content (AvgIpc) is 3.24. The van der Waals surface area contributed by atoms with Crippen LogP contribution in [0.2, 0.25) is 0 Å². The molecule has 7 nitrogen and oxygen atoms in total. The maximum absolute atomic E-state index is 12.9. The van der Waals surface area contributed by atoms with Gasteiger partial charge in [-0.05, 0) is 42.8 Å². The van der Waals surface area contributed by atoms with Gasteiger partial charge < -0.3 is 10.1 Å². The van der Waals surface area contributed by atoms with Crippen LogP contribution < -0.4 is 5.32 Å². The van der Waals surface area contributed by atoms with Crippen molar-refractivity contribution in [2.75, 3.05) is 25.0 Å². The number of nitrogens with one attached hydrogen (secondary N) is 1. The number of benzene rings is 2. The highest BCUT2D eigenvalue weighted by molar-refractivity contribution is 7.89. The molecule has 3 rings (SSSR count). The molecule has 9 heteroatoms. The van der Waals surface area contributed by atoms with Crippen LogP contribution in [0.3, 0.4) is 0 Å². The van der Waals surface area contributed by atoms with Crippen molar-refractivity contribution in [1.82, 2.24) is 4.31 Å². The first-order chi connectivity index (χ1) is 15.8. The second-order valence-electron chi connectivity index (χ2n) is 7.01. The highest BCUT2D eigenvalue weighted by Gasteiger charge is 2.23. The van der Waals surface area contributed by atoms with Crippen LogP contribution in [0.25, 0.3) is 10.4 Å². The van der Waals surface area contributed by atoms with Gasteiger partial charge in [0.25, 0.3) is 5.91 Å². The lowest BCUT2D eigenvalue weighted by Crippen LogP contribution is -2.30. The van der Waals surface area contributed by atoms with Crippen molar-refractivity contribution in [3.63, 3.8) is 0 Å². The van der Waals surface area contributed by atoms with Crippen LogP contribution in [-0.4, -0.2) is 44.3 Å². The van der Waals surface area contributed by atoms with Crippen LogP contribution >= 0.6 is 11.3 Å². The summed E-state index contributed by atoms with van der Waals surface area (Å²) in [7, 11) is -3.61. The summed E-state index contributed by atoms with van der Waals surface area (Å²) < 4.78 is 31.8. The Labute approximate surface area is 198 Å². The lowest BCUT2D eigenvalue weighted by molar-refractivity contribution is 0.0533.